The minimum Gasteiger partial charge on any atom is -0.382 e. The number of nitrogen functional groups attached to an aromatic ring is 1. The Kier molecular flexibility index (Phi) is 1.77. The zero-order valence-electron chi connectivity index (χ0n) is 7.03. The molecule has 0 spiro atoms. The van der Waals surface area contributed by atoms with Gasteiger partial charge in [-0.3, -0.25) is 9.89 Å². The highest BCUT2D eigenvalue weighted by Crippen LogP contribution is 2.07. The second kappa shape index (κ2) is 2.93. The summed E-state index contributed by atoms with van der Waals surface area (Å²) in [4.78, 5) is 13.3. The third kappa shape index (κ3) is 1.40. The molecule has 0 saturated carbocycles. The van der Waals surface area contributed by atoms with E-state index in [0.29, 0.717) is 24.6 Å². The van der Waals surface area contributed by atoms with E-state index in [1.165, 1.54) is 0 Å². The quantitative estimate of drug-likeness (QED) is 0.594. The highest BCUT2D eigenvalue weighted by Gasteiger charge is 2.17. The van der Waals surface area contributed by atoms with Crippen LogP contribution in [0.1, 0.15) is 10.5 Å². The molecule has 0 unspecified atom stereocenters. The molecule has 0 aromatic carbocycles. The monoisotopic (exact) mass is 178 g/mol. The van der Waals surface area contributed by atoms with E-state index in [0.717, 1.165) is 0 Å². The summed E-state index contributed by atoms with van der Waals surface area (Å²) in [5.41, 5.74) is 5.83. The van der Waals surface area contributed by atoms with Crippen LogP contribution in [0.5, 0.6) is 0 Å². The van der Waals surface area contributed by atoms with E-state index in [-0.39, 0.29) is 5.91 Å². The van der Waals surface area contributed by atoms with E-state index in [9.17, 15) is 4.79 Å². The fourth-order valence-corrected chi connectivity index (χ4v) is 1.26. The fraction of sp³-hybridized carbons (Fsp3) is 0.250. The minimum absolute atomic E-state index is 0.0609. The van der Waals surface area contributed by atoms with E-state index >= 15 is 0 Å². The van der Waals surface area contributed by atoms with Gasteiger partial charge in [0.1, 0.15) is 11.5 Å². The second-order valence-corrected chi connectivity index (χ2v) is 2.89. The molecule has 3 N–H and O–H groups in total. The first-order chi connectivity index (χ1) is 6.27. The number of rotatable bonds is 1. The lowest BCUT2D eigenvalue weighted by atomic mass is 10.3. The summed E-state index contributed by atoms with van der Waals surface area (Å²) in [6.45, 7) is 1.33. The Morgan fingerprint density at radius 1 is 1.54 bits per heavy atom. The molecule has 0 bridgehead atoms. The van der Waals surface area contributed by atoms with Gasteiger partial charge in [0.25, 0.3) is 5.91 Å². The number of nitrogens with two attached hydrogens (primary N) is 1. The van der Waals surface area contributed by atoms with Crippen LogP contribution in [0.25, 0.3) is 0 Å². The van der Waals surface area contributed by atoms with Crippen LogP contribution in [-0.4, -0.2) is 34.1 Å². The zero-order valence-corrected chi connectivity index (χ0v) is 7.03. The third-order valence-electron chi connectivity index (χ3n) is 1.93. The number of H-pyrrole nitrogens is 1. The van der Waals surface area contributed by atoms with Crippen molar-refractivity contribution in [1.29, 1.82) is 0 Å². The van der Waals surface area contributed by atoms with Crippen molar-refractivity contribution in [2.45, 2.75) is 0 Å². The van der Waals surface area contributed by atoms with Crippen LogP contribution in [0.2, 0.25) is 0 Å². The van der Waals surface area contributed by atoms with E-state index < -0.39 is 0 Å². The van der Waals surface area contributed by atoms with Crippen molar-refractivity contribution >= 4 is 11.7 Å². The number of hydrogen-bond donors (Lipinski definition) is 2. The van der Waals surface area contributed by atoms with Crippen molar-refractivity contribution in [2.75, 3.05) is 18.8 Å². The first-order valence-corrected chi connectivity index (χ1v) is 4.02. The van der Waals surface area contributed by atoms with Crippen molar-refractivity contribution < 1.29 is 4.79 Å². The maximum Gasteiger partial charge on any atom is 0.272 e. The molecule has 5 nitrogen and oxygen atoms in total. The molecule has 2 rings (SSSR count). The largest absolute Gasteiger partial charge is 0.382 e. The molecule has 0 radical (unpaired) electrons. The Morgan fingerprint density at radius 2 is 2.23 bits per heavy atom. The zero-order chi connectivity index (χ0) is 9.26. The molecule has 0 fully saturated rings. The third-order valence-corrected chi connectivity index (χ3v) is 1.93. The van der Waals surface area contributed by atoms with Crippen LogP contribution in [0, 0.1) is 0 Å². The molecule has 13 heavy (non-hydrogen) atoms. The summed E-state index contributed by atoms with van der Waals surface area (Å²) in [6, 6.07) is 1.54. The molecule has 68 valence electrons. The Labute approximate surface area is 75.2 Å². The predicted octanol–water partition coefficient (Wildman–Crippen LogP) is 0.00390. The fourth-order valence-electron chi connectivity index (χ4n) is 1.26. The molecule has 1 aliphatic rings. The van der Waals surface area contributed by atoms with Crippen LogP contribution in [-0.2, 0) is 0 Å². The number of aromatic nitrogens is 2. The van der Waals surface area contributed by atoms with Crippen molar-refractivity contribution in [3.8, 4) is 0 Å². The lowest BCUT2D eigenvalue weighted by Gasteiger charge is -2.12. The summed E-state index contributed by atoms with van der Waals surface area (Å²) in [7, 11) is 0. The average molecular weight is 178 g/mol. The van der Waals surface area contributed by atoms with Crippen LogP contribution >= 0.6 is 0 Å². The summed E-state index contributed by atoms with van der Waals surface area (Å²) in [5.74, 6) is 0.282. The number of hydrogen-bond acceptors (Lipinski definition) is 3. The van der Waals surface area contributed by atoms with Crippen molar-refractivity contribution in [3.05, 3.63) is 23.9 Å². The smallest absolute Gasteiger partial charge is 0.272 e. The van der Waals surface area contributed by atoms with Crippen LogP contribution in [0.15, 0.2) is 18.2 Å². The van der Waals surface area contributed by atoms with Gasteiger partial charge in [0.15, 0.2) is 0 Å². The van der Waals surface area contributed by atoms with Gasteiger partial charge in [-0.05, 0) is 0 Å². The average Bonchev–Trinajstić information content (AvgIpc) is 2.72. The summed E-state index contributed by atoms with van der Waals surface area (Å²) < 4.78 is 0. The van der Waals surface area contributed by atoms with E-state index in [2.05, 4.69) is 10.2 Å². The normalized spacial score (nSPS) is 15.2. The maximum absolute atomic E-state index is 11.6. The molecule has 0 aliphatic carbocycles. The lowest BCUT2D eigenvalue weighted by Crippen LogP contribution is -2.28. The molecule has 5 heteroatoms. The predicted molar refractivity (Wildman–Crippen MR) is 48.0 cm³/mol. The molecule has 2 heterocycles. The molecular weight excluding hydrogens is 168 g/mol. The molecule has 0 atom stereocenters. The van der Waals surface area contributed by atoms with Gasteiger partial charge < -0.3 is 10.6 Å². The van der Waals surface area contributed by atoms with Crippen molar-refractivity contribution in [2.24, 2.45) is 0 Å². The van der Waals surface area contributed by atoms with Gasteiger partial charge in [-0.2, -0.15) is 5.10 Å². The number of nitrogens with one attached hydrogen (secondary N) is 1. The lowest BCUT2D eigenvalue weighted by molar-refractivity contribution is 0.0794. The van der Waals surface area contributed by atoms with Crippen LogP contribution in [0.3, 0.4) is 0 Å². The highest BCUT2D eigenvalue weighted by molar-refractivity contribution is 5.93. The Balaban J connectivity index is 2.13. The number of aromatic amines is 1. The molecule has 0 saturated heterocycles. The minimum atomic E-state index is -0.0609. The number of carbonyl (C=O) groups excluding carboxylic acids is 1. The summed E-state index contributed by atoms with van der Waals surface area (Å²) in [6.07, 6.45) is 3.91. The van der Waals surface area contributed by atoms with Gasteiger partial charge in [0, 0.05) is 19.2 Å². The van der Waals surface area contributed by atoms with Gasteiger partial charge >= 0.3 is 0 Å². The molecule has 1 aliphatic heterocycles. The molecule has 1 aromatic heterocycles. The first kappa shape index (κ1) is 7.85. The summed E-state index contributed by atoms with van der Waals surface area (Å²) in [5, 5.41) is 6.28. The first-order valence-electron chi connectivity index (χ1n) is 4.02. The standard InChI is InChI=1S/C8H10N4O/c9-7-5-6(10-11-7)8(13)12-3-1-2-4-12/h1-2,5H,3-4H2,(H3,9,10,11). The van der Waals surface area contributed by atoms with E-state index in [1.54, 1.807) is 11.0 Å². The highest BCUT2D eigenvalue weighted by atomic mass is 16.2. The Hall–Kier alpha value is -1.78. The Morgan fingerprint density at radius 3 is 2.77 bits per heavy atom. The number of carbonyl (C=O) groups is 1. The topological polar surface area (TPSA) is 75.0 Å². The Bertz CT molecular complexity index is 347. The van der Waals surface area contributed by atoms with E-state index in [1.807, 2.05) is 12.2 Å². The van der Waals surface area contributed by atoms with Gasteiger partial charge in [-0.25, -0.2) is 0 Å². The van der Waals surface area contributed by atoms with E-state index in [4.69, 9.17) is 5.73 Å². The molecular formula is C8H10N4O. The number of amides is 1. The second-order valence-electron chi connectivity index (χ2n) is 2.89. The van der Waals surface area contributed by atoms with Gasteiger partial charge in [-0.15, -0.1) is 0 Å². The molecule has 1 amide bonds. The van der Waals surface area contributed by atoms with Crippen LogP contribution < -0.4 is 5.73 Å². The summed E-state index contributed by atoms with van der Waals surface area (Å²) >= 11 is 0. The van der Waals surface area contributed by atoms with Crippen LogP contribution in [0.4, 0.5) is 5.82 Å². The maximum atomic E-state index is 11.6. The number of anilines is 1. The van der Waals surface area contributed by atoms with Crippen molar-refractivity contribution in [3.63, 3.8) is 0 Å². The van der Waals surface area contributed by atoms with Gasteiger partial charge in [0.2, 0.25) is 0 Å². The van der Waals surface area contributed by atoms with Gasteiger partial charge in [0.05, 0.1) is 0 Å². The number of nitrogens with zero attached hydrogens (tertiary/aromatic N) is 2. The van der Waals surface area contributed by atoms with Crippen molar-refractivity contribution in [1.82, 2.24) is 15.1 Å². The SMILES string of the molecule is Nc1cc(C(=O)N2CC=CC2)[nH]n1. The van der Waals surface area contributed by atoms with Gasteiger partial charge in [-0.1, -0.05) is 12.2 Å². The molecule has 1 aromatic rings.